The average Bonchev–Trinajstić information content (AvgIpc) is 2.75. The van der Waals surface area contributed by atoms with E-state index in [9.17, 15) is 4.79 Å². The first-order valence-electron chi connectivity index (χ1n) is 6.66. The summed E-state index contributed by atoms with van der Waals surface area (Å²) in [7, 11) is 4.03. The molecule has 1 atom stereocenters. The van der Waals surface area contributed by atoms with Crippen molar-refractivity contribution < 1.29 is 4.79 Å². The van der Waals surface area contributed by atoms with E-state index in [4.69, 9.17) is 0 Å². The molecule has 0 N–H and O–H groups in total. The molecule has 2 amide bonds. The lowest BCUT2D eigenvalue weighted by Crippen LogP contribution is -2.43. The number of nitrogens with zero attached hydrogens (tertiary/aromatic N) is 3. The first-order valence-corrected chi connectivity index (χ1v) is 6.66. The fourth-order valence-corrected chi connectivity index (χ4v) is 2.17. The molecule has 1 unspecified atom stereocenters. The van der Waals surface area contributed by atoms with Gasteiger partial charge in [0.15, 0.2) is 0 Å². The van der Waals surface area contributed by atoms with Crippen molar-refractivity contribution in [3.8, 4) is 0 Å². The molecule has 1 heterocycles. The Morgan fingerprint density at radius 2 is 2.06 bits per heavy atom. The molecule has 0 aromatic carbocycles. The van der Waals surface area contributed by atoms with Gasteiger partial charge in [-0.2, -0.15) is 0 Å². The average molecular weight is 241 g/mol. The van der Waals surface area contributed by atoms with E-state index < -0.39 is 0 Å². The van der Waals surface area contributed by atoms with Gasteiger partial charge >= 0.3 is 6.03 Å². The van der Waals surface area contributed by atoms with Crippen molar-refractivity contribution in [1.82, 2.24) is 14.7 Å². The van der Waals surface area contributed by atoms with Gasteiger partial charge in [-0.15, -0.1) is 0 Å². The standard InChI is InChI=1S/C13H27N3O/c1-6-14(4)9-12-7-8-16(10-12)13(17)15(5)11(2)3/h11-12H,6-10H2,1-5H3. The zero-order valence-electron chi connectivity index (χ0n) is 11.9. The van der Waals surface area contributed by atoms with E-state index in [1.54, 1.807) is 0 Å². The number of hydrogen-bond acceptors (Lipinski definition) is 2. The highest BCUT2D eigenvalue weighted by Crippen LogP contribution is 2.18. The van der Waals surface area contributed by atoms with Crippen LogP contribution in [-0.4, -0.2) is 67.0 Å². The molecule has 0 aliphatic carbocycles. The summed E-state index contributed by atoms with van der Waals surface area (Å²) in [5, 5.41) is 0. The summed E-state index contributed by atoms with van der Waals surface area (Å²) in [4.78, 5) is 18.3. The molecular weight excluding hydrogens is 214 g/mol. The second kappa shape index (κ2) is 6.24. The molecule has 4 nitrogen and oxygen atoms in total. The lowest BCUT2D eigenvalue weighted by molar-refractivity contribution is 0.159. The van der Waals surface area contributed by atoms with Crippen LogP contribution in [0.1, 0.15) is 27.2 Å². The zero-order chi connectivity index (χ0) is 13.0. The second-order valence-corrected chi connectivity index (χ2v) is 5.44. The summed E-state index contributed by atoms with van der Waals surface area (Å²) in [6.45, 7) is 10.3. The van der Waals surface area contributed by atoms with Crippen LogP contribution in [0.25, 0.3) is 0 Å². The van der Waals surface area contributed by atoms with Crippen LogP contribution in [0.5, 0.6) is 0 Å². The molecule has 0 bridgehead atoms. The van der Waals surface area contributed by atoms with Gasteiger partial charge in [0.2, 0.25) is 0 Å². The smallest absolute Gasteiger partial charge is 0.319 e. The molecule has 0 spiro atoms. The molecule has 0 aromatic heterocycles. The minimum Gasteiger partial charge on any atom is -0.325 e. The Kier molecular flexibility index (Phi) is 5.25. The lowest BCUT2D eigenvalue weighted by atomic mass is 10.1. The van der Waals surface area contributed by atoms with Crippen LogP contribution >= 0.6 is 0 Å². The Morgan fingerprint density at radius 3 is 2.59 bits per heavy atom. The highest BCUT2D eigenvalue weighted by Gasteiger charge is 2.29. The zero-order valence-corrected chi connectivity index (χ0v) is 11.9. The van der Waals surface area contributed by atoms with E-state index in [0.717, 1.165) is 32.6 Å². The monoisotopic (exact) mass is 241 g/mol. The highest BCUT2D eigenvalue weighted by molar-refractivity contribution is 5.74. The Morgan fingerprint density at radius 1 is 1.41 bits per heavy atom. The number of carbonyl (C=O) groups excluding carboxylic acids is 1. The first kappa shape index (κ1) is 14.3. The Labute approximate surface area is 106 Å². The van der Waals surface area contributed by atoms with Gasteiger partial charge in [-0.05, 0) is 39.8 Å². The number of carbonyl (C=O) groups is 1. The van der Waals surface area contributed by atoms with E-state index in [-0.39, 0.29) is 12.1 Å². The van der Waals surface area contributed by atoms with Gasteiger partial charge in [0.1, 0.15) is 0 Å². The van der Waals surface area contributed by atoms with Gasteiger partial charge < -0.3 is 14.7 Å². The van der Waals surface area contributed by atoms with E-state index in [1.165, 1.54) is 0 Å². The summed E-state index contributed by atoms with van der Waals surface area (Å²) in [6, 6.07) is 0.460. The van der Waals surface area contributed by atoms with E-state index in [1.807, 2.05) is 16.8 Å². The quantitative estimate of drug-likeness (QED) is 0.749. The van der Waals surface area contributed by atoms with Gasteiger partial charge in [0.05, 0.1) is 0 Å². The Balaban J connectivity index is 2.42. The molecule has 0 radical (unpaired) electrons. The summed E-state index contributed by atoms with van der Waals surface area (Å²) < 4.78 is 0. The van der Waals surface area contributed by atoms with Crippen LogP contribution < -0.4 is 0 Å². The van der Waals surface area contributed by atoms with Crippen molar-refractivity contribution in [3.63, 3.8) is 0 Å². The molecule has 1 aliphatic heterocycles. The van der Waals surface area contributed by atoms with Gasteiger partial charge in [0.25, 0.3) is 0 Å². The van der Waals surface area contributed by atoms with Gasteiger partial charge in [0, 0.05) is 32.7 Å². The van der Waals surface area contributed by atoms with Crippen LogP contribution in [0.2, 0.25) is 0 Å². The molecule has 4 heteroatoms. The fraction of sp³-hybridized carbons (Fsp3) is 0.923. The largest absolute Gasteiger partial charge is 0.325 e. The first-order chi connectivity index (χ1) is 7.95. The SMILES string of the molecule is CCN(C)CC1CCN(C(=O)N(C)C(C)C)C1. The molecule has 100 valence electrons. The maximum absolute atomic E-state index is 12.1. The molecular formula is C13H27N3O. The van der Waals surface area contributed by atoms with E-state index in [0.29, 0.717) is 5.92 Å². The third kappa shape index (κ3) is 3.87. The third-order valence-electron chi connectivity index (χ3n) is 3.74. The van der Waals surface area contributed by atoms with Crippen molar-refractivity contribution in [2.24, 2.45) is 5.92 Å². The second-order valence-electron chi connectivity index (χ2n) is 5.44. The topological polar surface area (TPSA) is 26.8 Å². The molecule has 1 aliphatic rings. The molecule has 1 rings (SSSR count). The Hall–Kier alpha value is -0.770. The van der Waals surface area contributed by atoms with E-state index in [2.05, 4.69) is 32.7 Å². The highest BCUT2D eigenvalue weighted by atomic mass is 16.2. The number of amides is 2. The molecule has 1 saturated heterocycles. The summed E-state index contributed by atoms with van der Waals surface area (Å²) in [6.07, 6.45) is 1.14. The molecule has 0 saturated carbocycles. The van der Waals surface area contributed by atoms with Crippen molar-refractivity contribution in [1.29, 1.82) is 0 Å². The van der Waals surface area contributed by atoms with Gasteiger partial charge in [-0.1, -0.05) is 6.92 Å². The maximum atomic E-state index is 12.1. The van der Waals surface area contributed by atoms with E-state index >= 15 is 0 Å². The van der Waals surface area contributed by atoms with Gasteiger partial charge in [-0.3, -0.25) is 0 Å². The predicted molar refractivity (Wildman–Crippen MR) is 71.1 cm³/mol. The minimum atomic E-state index is 0.182. The number of urea groups is 1. The number of rotatable bonds is 4. The van der Waals surface area contributed by atoms with Crippen LogP contribution in [0.15, 0.2) is 0 Å². The Bertz CT molecular complexity index is 255. The van der Waals surface area contributed by atoms with Gasteiger partial charge in [-0.25, -0.2) is 4.79 Å². The summed E-state index contributed by atoms with van der Waals surface area (Å²) in [5.41, 5.74) is 0. The van der Waals surface area contributed by atoms with Crippen molar-refractivity contribution in [2.45, 2.75) is 33.2 Å². The molecule has 17 heavy (non-hydrogen) atoms. The number of hydrogen-bond donors (Lipinski definition) is 0. The van der Waals surface area contributed by atoms with Crippen LogP contribution in [0, 0.1) is 5.92 Å². The normalized spacial score (nSPS) is 20.4. The number of likely N-dealkylation sites (tertiary alicyclic amines) is 1. The lowest BCUT2D eigenvalue weighted by Gasteiger charge is -2.28. The van der Waals surface area contributed by atoms with Crippen molar-refractivity contribution in [3.05, 3.63) is 0 Å². The van der Waals surface area contributed by atoms with Crippen molar-refractivity contribution in [2.75, 3.05) is 40.3 Å². The summed E-state index contributed by atoms with van der Waals surface area (Å²) >= 11 is 0. The fourth-order valence-electron chi connectivity index (χ4n) is 2.17. The van der Waals surface area contributed by atoms with Crippen LogP contribution in [0.4, 0.5) is 4.79 Å². The molecule has 0 aromatic rings. The minimum absolute atomic E-state index is 0.182. The van der Waals surface area contributed by atoms with Crippen LogP contribution in [-0.2, 0) is 0 Å². The van der Waals surface area contributed by atoms with Crippen LogP contribution in [0.3, 0.4) is 0 Å². The third-order valence-corrected chi connectivity index (χ3v) is 3.74. The maximum Gasteiger partial charge on any atom is 0.319 e. The summed E-state index contributed by atoms with van der Waals surface area (Å²) in [5.74, 6) is 0.643. The molecule has 1 fully saturated rings. The predicted octanol–water partition coefficient (Wildman–Crippen LogP) is 1.72. The van der Waals surface area contributed by atoms with Crippen molar-refractivity contribution >= 4 is 6.03 Å².